The van der Waals surface area contributed by atoms with Gasteiger partial charge in [0.15, 0.2) is 0 Å². The van der Waals surface area contributed by atoms with E-state index in [2.05, 4.69) is 17.6 Å². The highest BCUT2D eigenvalue weighted by Gasteiger charge is 2.12. The number of nitrogens with zero attached hydrogens (tertiary/aromatic N) is 1. The molecule has 0 saturated heterocycles. The molecule has 1 atom stereocenters. The van der Waals surface area contributed by atoms with Crippen molar-refractivity contribution in [3.05, 3.63) is 30.1 Å². The Morgan fingerprint density at radius 1 is 1.50 bits per heavy atom. The molecular formula is C7H7Cl2NOS. The highest BCUT2D eigenvalue weighted by molar-refractivity contribution is 7.96. The maximum atomic E-state index is 10.7. The van der Waals surface area contributed by atoms with Gasteiger partial charge in [0.2, 0.25) is 5.12 Å². The molecule has 1 rings (SSSR count). The fraction of sp³-hybridized carbons (Fsp3) is 0.143. The molecule has 1 heterocycles. The predicted octanol–water partition coefficient (Wildman–Crippen LogP) is 2.24. The molecule has 0 saturated carbocycles. The van der Waals surface area contributed by atoms with Crippen molar-refractivity contribution in [3.8, 4) is 0 Å². The van der Waals surface area contributed by atoms with Crippen LogP contribution in [0.4, 0.5) is 0 Å². The Bertz CT molecular complexity index is 255. The van der Waals surface area contributed by atoms with Crippen LogP contribution >= 0.6 is 36.6 Å². The van der Waals surface area contributed by atoms with Gasteiger partial charge >= 0.3 is 0 Å². The molecule has 0 bridgehead atoms. The second-order valence-electron chi connectivity index (χ2n) is 1.98. The van der Waals surface area contributed by atoms with Crippen LogP contribution in [0.5, 0.6) is 0 Å². The van der Waals surface area contributed by atoms with E-state index in [1.54, 1.807) is 24.5 Å². The highest BCUT2D eigenvalue weighted by Crippen LogP contribution is 2.21. The van der Waals surface area contributed by atoms with Crippen molar-refractivity contribution in [3.63, 3.8) is 0 Å². The zero-order chi connectivity index (χ0) is 8.27. The number of aromatic nitrogens is 1. The maximum Gasteiger partial charge on any atom is 0.208 e. The fourth-order valence-electron chi connectivity index (χ4n) is 0.675. The molecule has 0 aromatic carbocycles. The number of carbonyl (C=O) groups excluding carboxylic acids is 1. The van der Waals surface area contributed by atoms with E-state index in [0.717, 1.165) is 5.56 Å². The molecule has 0 fully saturated rings. The number of alkyl halides is 1. The van der Waals surface area contributed by atoms with Gasteiger partial charge < -0.3 is 0 Å². The Labute approximate surface area is 87.2 Å². The van der Waals surface area contributed by atoms with Gasteiger partial charge in [-0.1, -0.05) is 0 Å². The summed E-state index contributed by atoms with van der Waals surface area (Å²) in [4.78, 5) is 14.4. The zero-order valence-corrected chi connectivity index (χ0v) is 8.44. The van der Waals surface area contributed by atoms with Crippen molar-refractivity contribution in [2.24, 2.45) is 0 Å². The lowest BCUT2D eigenvalue weighted by molar-refractivity contribution is -0.110. The molecular weight excluding hydrogens is 217 g/mol. The van der Waals surface area contributed by atoms with Gasteiger partial charge in [-0.25, -0.2) is 0 Å². The molecule has 1 unspecified atom stereocenters. The Morgan fingerprint density at radius 3 is 2.42 bits per heavy atom. The smallest absolute Gasteiger partial charge is 0.208 e. The summed E-state index contributed by atoms with van der Waals surface area (Å²) in [5.74, 6) is 0. The van der Waals surface area contributed by atoms with E-state index in [9.17, 15) is 4.79 Å². The van der Waals surface area contributed by atoms with Crippen molar-refractivity contribution >= 4 is 41.8 Å². The van der Waals surface area contributed by atoms with Crippen LogP contribution in [0.1, 0.15) is 10.9 Å². The summed E-state index contributed by atoms with van der Waals surface area (Å²) in [6.45, 7) is 0. The van der Waals surface area contributed by atoms with E-state index in [0.29, 0.717) is 0 Å². The monoisotopic (exact) mass is 223 g/mol. The number of halogens is 2. The molecule has 0 spiro atoms. The van der Waals surface area contributed by atoms with Gasteiger partial charge in [-0.15, -0.1) is 36.6 Å². The van der Waals surface area contributed by atoms with Gasteiger partial charge in [-0.3, -0.25) is 9.78 Å². The topological polar surface area (TPSA) is 30.0 Å². The van der Waals surface area contributed by atoms with Crippen LogP contribution < -0.4 is 0 Å². The van der Waals surface area contributed by atoms with Gasteiger partial charge in [-0.2, -0.15) is 0 Å². The van der Waals surface area contributed by atoms with Gasteiger partial charge in [0.05, 0.1) is 0 Å². The molecule has 1 aromatic heterocycles. The Hall–Kier alpha value is -0.250. The quantitative estimate of drug-likeness (QED) is 0.616. The maximum absolute atomic E-state index is 10.7. The number of thiol groups is 1. The molecule has 0 amide bonds. The standard InChI is InChI=1S/C7H6ClNOS.ClH/c8-6(7(10)11)5-1-3-9-4-2-5;/h1-4,6H,(H,10,11);1H. The first-order chi connectivity index (χ1) is 5.22. The number of carbonyl (C=O) groups is 1. The second kappa shape index (κ2) is 5.41. The third-order valence-corrected chi connectivity index (χ3v) is 2.08. The van der Waals surface area contributed by atoms with E-state index in [-0.39, 0.29) is 17.5 Å². The van der Waals surface area contributed by atoms with Crippen molar-refractivity contribution < 1.29 is 4.79 Å². The lowest BCUT2D eigenvalue weighted by Gasteiger charge is -2.02. The molecule has 2 nitrogen and oxygen atoms in total. The van der Waals surface area contributed by atoms with Crippen molar-refractivity contribution in [2.75, 3.05) is 0 Å². The van der Waals surface area contributed by atoms with Gasteiger partial charge in [0.1, 0.15) is 5.38 Å². The molecule has 0 aliphatic heterocycles. The molecule has 12 heavy (non-hydrogen) atoms. The summed E-state index contributed by atoms with van der Waals surface area (Å²) < 4.78 is 0. The first kappa shape index (κ1) is 11.8. The Balaban J connectivity index is 0.00000121. The summed E-state index contributed by atoms with van der Waals surface area (Å²) in [6, 6.07) is 3.37. The average molecular weight is 224 g/mol. The number of rotatable bonds is 2. The van der Waals surface area contributed by atoms with E-state index >= 15 is 0 Å². The third kappa shape index (κ3) is 3.01. The number of hydrogen-bond donors (Lipinski definition) is 1. The van der Waals surface area contributed by atoms with Crippen LogP contribution in [0.2, 0.25) is 0 Å². The zero-order valence-electron chi connectivity index (χ0n) is 5.98. The van der Waals surface area contributed by atoms with Crippen molar-refractivity contribution in [1.29, 1.82) is 0 Å². The van der Waals surface area contributed by atoms with E-state index in [1.165, 1.54) is 0 Å². The Morgan fingerprint density at radius 2 is 2.00 bits per heavy atom. The van der Waals surface area contributed by atoms with Gasteiger partial charge in [-0.05, 0) is 17.7 Å². The number of hydrogen-bond acceptors (Lipinski definition) is 2. The molecule has 5 heteroatoms. The normalized spacial score (nSPS) is 11.5. The summed E-state index contributed by atoms with van der Waals surface area (Å²) in [5.41, 5.74) is 0.724. The minimum atomic E-state index is -0.665. The molecule has 0 aliphatic rings. The molecule has 0 radical (unpaired) electrons. The SMILES string of the molecule is Cl.O=C(S)C(Cl)c1ccncc1. The number of pyridine rings is 1. The lowest BCUT2D eigenvalue weighted by atomic mass is 10.2. The van der Waals surface area contributed by atoms with Gasteiger partial charge in [0.25, 0.3) is 0 Å². The summed E-state index contributed by atoms with van der Waals surface area (Å²) in [6.07, 6.45) is 3.17. The van der Waals surface area contributed by atoms with Crippen LogP contribution in [0, 0.1) is 0 Å². The second-order valence-corrected chi connectivity index (χ2v) is 2.86. The predicted molar refractivity (Wildman–Crippen MR) is 54.1 cm³/mol. The van der Waals surface area contributed by atoms with Crippen LogP contribution in [0.3, 0.4) is 0 Å². The van der Waals surface area contributed by atoms with E-state index < -0.39 is 5.38 Å². The van der Waals surface area contributed by atoms with Crippen LogP contribution in [-0.2, 0) is 4.79 Å². The van der Waals surface area contributed by atoms with Crippen molar-refractivity contribution in [1.82, 2.24) is 4.98 Å². The summed E-state index contributed by atoms with van der Waals surface area (Å²) in [7, 11) is 0. The first-order valence-electron chi connectivity index (χ1n) is 2.98. The molecule has 1 aromatic rings. The highest BCUT2D eigenvalue weighted by atomic mass is 35.5. The van der Waals surface area contributed by atoms with E-state index in [4.69, 9.17) is 11.6 Å². The Kier molecular flexibility index (Phi) is 5.29. The average Bonchev–Trinajstić information content (AvgIpc) is 2.05. The first-order valence-corrected chi connectivity index (χ1v) is 3.87. The van der Waals surface area contributed by atoms with Crippen LogP contribution in [0.15, 0.2) is 24.5 Å². The minimum Gasteiger partial charge on any atom is -0.285 e. The fourth-order valence-corrected chi connectivity index (χ4v) is 0.970. The molecule has 0 N–H and O–H groups in total. The summed E-state index contributed by atoms with van der Waals surface area (Å²) in [5, 5.41) is -1.01. The van der Waals surface area contributed by atoms with Crippen LogP contribution in [-0.4, -0.2) is 10.1 Å². The minimum absolute atomic E-state index is 0. The summed E-state index contributed by atoms with van der Waals surface area (Å²) >= 11 is 9.30. The van der Waals surface area contributed by atoms with Crippen molar-refractivity contribution in [2.45, 2.75) is 5.38 Å². The molecule has 66 valence electrons. The van der Waals surface area contributed by atoms with E-state index in [1.807, 2.05) is 0 Å². The lowest BCUT2D eigenvalue weighted by Crippen LogP contribution is -1.98. The third-order valence-electron chi connectivity index (χ3n) is 1.22. The largest absolute Gasteiger partial charge is 0.285 e. The van der Waals surface area contributed by atoms with Crippen LogP contribution in [0.25, 0.3) is 0 Å². The molecule has 0 aliphatic carbocycles. The van der Waals surface area contributed by atoms with Gasteiger partial charge in [0, 0.05) is 12.4 Å².